The molecule has 0 N–H and O–H groups in total. The molecule has 4 aromatic rings. The van der Waals surface area contributed by atoms with E-state index in [0.29, 0.717) is 17.7 Å². The molecular formula is C27H28N4O4. The van der Waals surface area contributed by atoms with Crippen LogP contribution in [0.15, 0.2) is 70.6 Å². The average molecular weight is 473 g/mol. The molecule has 0 aliphatic carbocycles. The molecule has 0 saturated carbocycles. The molecule has 1 unspecified atom stereocenters. The summed E-state index contributed by atoms with van der Waals surface area (Å²) >= 11 is 0. The Morgan fingerprint density at radius 1 is 1.06 bits per heavy atom. The Kier molecular flexibility index (Phi) is 6.91. The second-order valence-corrected chi connectivity index (χ2v) is 8.47. The fourth-order valence-electron chi connectivity index (χ4n) is 4.22. The van der Waals surface area contributed by atoms with Crippen LogP contribution in [0.25, 0.3) is 16.7 Å². The maximum Gasteiger partial charge on any atom is 0.341 e. The van der Waals surface area contributed by atoms with Crippen LogP contribution in [0, 0.1) is 0 Å². The summed E-state index contributed by atoms with van der Waals surface area (Å²) in [7, 11) is 0. The Balaban J connectivity index is 2.09. The van der Waals surface area contributed by atoms with Crippen LogP contribution in [0.2, 0.25) is 0 Å². The van der Waals surface area contributed by atoms with Gasteiger partial charge in [-0.2, -0.15) is 4.99 Å². The first-order valence-corrected chi connectivity index (χ1v) is 11.7. The highest BCUT2D eigenvalue weighted by Crippen LogP contribution is 2.21. The van der Waals surface area contributed by atoms with Gasteiger partial charge in [-0.15, -0.1) is 0 Å². The van der Waals surface area contributed by atoms with Crippen LogP contribution in [0.1, 0.15) is 62.0 Å². The molecule has 1 atom stereocenters. The van der Waals surface area contributed by atoms with Gasteiger partial charge in [-0.05, 0) is 51.0 Å². The summed E-state index contributed by atoms with van der Waals surface area (Å²) in [4.78, 5) is 49.0. The van der Waals surface area contributed by atoms with Gasteiger partial charge >= 0.3 is 5.97 Å². The summed E-state index contributed by atoms with van der Waals surface area (Å²) in [6.07, 6.45) is 2.17. The van der Waals surface area contributed by atoms with Gasteiger partial charge in [0.15, 0.2) is 5.49 Å². The average Bonchev–Trinajstić information content (AvgIpc) is 2.85. The van der Waals surface area contributed by atoms with Crippen molar-refractivity contribution >= 4 is 28.6 Å². The second-order valence-electron chi connectivity index (χ2n) is 8.47. The number of ether oxygens (including phenoxy) is 1. The molecule has 0 saturated heterocycles. The standard InChI is InChI=1S/C27H28N4O4/c1-5-19(18-12-8-7-9-13-18)25(32)29-24-21(27(34)35-6-2)16-20-23(31(24)17(3)4)28-22-14-10-11-15-30(22)26(20)33/h7-17,19H,5-6H2,1-4H3. The molecule has 35 heavy (non-hydrogen) atoms. The third kappa shape index (κ3) is 4.51. The minimum Gasteiger partial charge on any atom is -0.462 e. The predicted molar refractivity (Wildman–Crippen MR) is 133 cm³/mol. The molecule has 0 fully saturated rings. The second kappa shape index (κ2) is 10.0. The molecule has 0 bridgehead atoms. The summed E-state index contributed by atoms with van der Waals surface area (Å²) in [6.45, 7) is 7.54. The van der Waals surface area contributed by atoms with Crippen molar-refractivity contribution in [3.05, 3.63) is 87.8 Å². The fourth-order valence-corrected chi connectivity index (χ4v) is 4.22. The molecule has 0 aliphatic rings. The number of pyridine rings is 2. The number of rotatable bonds is 6. The molecule has 0 aliphatic heterocycles. The van der Waals surface area contributed by atoms with Gasteiger partial charge in [0.2, 0.25) is 0 Å². The van der Waals surface area contributed by atoms with Crippen molar-refractivity contribution in [3.8, 4) is 0 Å². The largest absolute Gasteiger partial charge is 0.462 e. The van der Waals surface area contributed by atoms with Gasteiger partial charge in [-0.3, -0.25) is 14.0 Å². The molecule has 1 amide bonds. The van der Waals surface area contributed by atoms with Crippen LogP contribution < -0.4 is 11.0 Å². The first kappa shape index (κ1) is 24.1. The molecule has 0 radical (unpaired) electrons. The van der Waals surface area contributed by atoms with Crippen LogP contribution in [0.3, 0.4) is 0 Å². The van der Waals surface area contributed by atoms with Crippen molar-refractivity contribution in [2.75, 3.05) is 6.61 Å². The number of hydrogen-bond donors (Lipinski definition) is 0. The van der Waals surface area contributed by atoms with Crippen LogP contribution >= 0.6 is 0 Å². The first-order chi connectivity index (χ1) is 16.9. The summed E-state index contributed by atoms with van der Waals surface area (Å²) < 4.78 is 8.38. The molecule has 180 valence electrons. The van der Waals surface area contributed by atoms with Crippen LogP contribution in [-0.4, -0.2) is 32.4 Å². The molecule has 1 aromatic carbocycles. The van der Waals surface area contributed by atoms with Gasteiger partial charge in [0, 0.05) is 12.2 Å². The maximum absolute atomic E-state index is 13.4. The van der Waals surface area contributed by atoms with E-state index >= 15 is 0 Å². The van der Waals surface area contributed by atoms with E-state index in [2.05, 4.69) is 4.99 Å². The molecule has 8 heteroatoms. The number of aromatic nitrogens is 3. The van der Waals surface area contributed by atoms with E-state index in [1.807, 2.05) is 51.1 Å². The monoisotopic (exact) mass is 472 g/mol. The number of nitrogens with zero attached hydrogens (tertiary/aromatic N) is 4. The predicted octanol–water partition coefficient (Wildman–Crippen LogP) is 4.03. The summed E-state index contributed by atoms with van der Waals surface area (Å²) in [5, 5.41) is 0.243. The van der Waals surface area contributed by atoms with Crippen molar-refractivity contribution in [1.82, 2.24) is 14.0 Å². The zero-order chi connectivity index (χ0) is 25.1. The minimum atomic E-state index is -0.652. The van der Waals surface area contributed by atoms with E-state index in [-0.39, 0.29) is 40.6 Å². The number of esters is 1. The lowest BCUT2D eigenvalue weighted by molar-refractivity contribution is -0.119. The normalized spacial score (nSPS) is 12.9. The maximum atomic E-state index is 13.4. The van der Waals surface area contributed by atoms with Crippen molar-refractivity contribution in [3.63, 3.8) is 0 Å². The third-order valence-corrected chi connectivity index (χ3v) is 5.87. The Labute approximate surface area is 202 Å². The molecule has 3 aromatic heterocycles. The van der Waals surface area contributed by atoms with E-state index in [0.717, 1.165) is 5.56 Å². The van der Waals surface area contributed by atoms with E-state index in [1.165, 1.54) is 10.5 Å². The number of amides is 1. The van der Waals surface area contributed by atoms with Gasteiger partial charge in [0.1, 0.15) is 16.9 Å². The topological polar surface area (TPSA) is 95.0 Å². The number of hydrogen-bond acceptors (Lipinski definition) is 5. The zero-order valence-corrected chi connectivity index (χ0v) is 20.3. The Morgan fingerprint density at radius 3 is 2.43 bits per heavy atom. The zero-order valence-electron chi connectivity index (χ0n) is 20.3. The van der Waals surface area contributed by atoms with Crippen molar-refractivity contribution in [2.24, 2.45) is 4.99 Å². The highest BCUT2D eigenvalue weighted by atomic mass is 16.5. The number of benzene rings is 1. The SMILES string of the molecule is CCOC(=O)c1cc2c(=O)n3ccccc3nc2n(C(C)C)c1=NC(=O)C(CC)c1ccccc1. The molecular weight excluding hydrogens is 444 g/mol. The smallest absolute Gasteiger partial charge is 0.341 e. The van der Waals surface area contributed by atoms with E-state index in [4.69, 9.17) is 9.72 Å². The fraction of sp³-hybridized carbons (Fsp3) is 0.296. The van der Waals surface area contributed by atoms with Crippen LogP contribution in [0.5, 0.6) is 0 Å². The minimum absolute atomic E-state index is 0.0547. The van der Waals surface area contributed by atoms with Crippen LogP contribution in [0.4, 0.5) is 0 Å². The van der Waals surface area contributed by atoms with Gasteiger partial charge in [-0.1, -0.05) is 43.3 Å². The van der Waals surface area contributed by atoms with Gasteiger partial charge in [0.25, 0.3) is 11.5 Å². The lowest BCUT2D eigenvalue weighted by atomic mass is 9.96. The van der Waals surface area contributed by atoms with E-state index in [1.54, 1.807) is 35.9 Å². The lowest BCUT2D eigenvalue weighted by Gasteiger charge is -2.18. The molecule has 3 heterocycles. The third-order valence-electron chi connectivity index (χ3n) is 5.87. The Morgan fingerprint density at radius 2 is 1.77 bits per heavy atom. The summed E-state index contributed by atoms with van der Waals surface area (Å²) in [5.41, 5.74) is 1.52. The Hall–Kier alpha value is -4.07. The lowest BCUT2D eigenvalue weighted by Crippen LogP contribution is -2.34. The number of carbonyl (C=O) groups excluding carboxylic acids is 2. The number of fused-ring (bicyclic) bond motifs is 2. The van der Waals surface area contributed by atoms with Gasteiger partial charge in [-0.25, -0.2) is 9.78 Å². The molecule has 8 nitrogen and oxygen atoms in total. The van der Waals surface area contributed by atoms with E-state index < -0.39 is 11.9 Å². The summed E-state index contributed by atoms with van der Waals surface area (Å²) in [6, 6.07) is 15.9. The highest BCUT2D eigenvalue weighted by molar-refractivity contribution is 5.94. The van der Waals surface area contributed by atoms with Crippen molar-refractivity contribution in [1.29, 1.82) is 0 Å². The van der Waals surface area contributed by atoms with Gasteiger partial charge in [0.05, 0.1) is 17.9 Å². The molecule has 0 spiro atoms. The molecule has 4 rings (SSSR count). The van der Waals surface area contributed by atoms with E-state index in [9.17, 15) is 14.4 Å². The van der Waals surface area contributed by atoms with Crippen LogP contribution in [-0.2, 0) is 9.53 Å². The quantitative estimate of drug-likeness (QED) is 0.312. The first-order valence-electron chi connectivity index (χ1n) is 11.7. The van der Waals surface area contributed by atoms with Crippen molar-refractivity contribution < 1.29 is 14.3 Å². The number of carbonyl (C=O) groups is 2. The summed E-state index contributed by atoms with van der Waals surface area (Å²) in [5.74, 6) is -1.51. The highest BCUT2D eigenvalue weighted by Gasteiger charge is 2.23. The Bertz CT molecular complexity index is 1530. The van der Waals surface area contributed by atoms with Crippen molar-refractivity contribution in [2.45, 2.75) is 46.1 Å². The van der Waals surface area contributed by atoms with Gasteiger partial charge < -0.3 is 9.30 Å².